The molecule has 0 saturated heterocycles. The largest absolute Gasteiger partial charge is 0.458 e. The molecule has 10 rings (SSSR count). The van der Waals surface area contributed by atoms with Crippen molar-refractivity contribution >= 4 is 45.9 Å². The minimum atomic E-state index is -0.0564. The minimum Gasteiger partial charge on any atom is -0.458 e. The molecule has 6 aromatic rings. The van der Waals surface area contributed by atoms with E-state index in [1.807, 2.05) is 0 Å². The average Bonchev–Trinajstić information content (AvgIpc) is 3.20. The van der Waals surface area contributed by atoms with E-state index in [0.717, 1.165) is 42.9 Å². The van der Waals surface area contributed by atoms with Crippen molar-refractivity contribution in [1.29, 1.82) is 0 Å². The van der Waals surface area contributed by atoms with E-state index in [4.69, 9.17) is 4.74 Å². The van der Waals surface area contributed by atoms with Gasteiger partial charge in [-0.1, -0.05) is 116 Å². The summed E-state index contributed by atoms with van der Waals surface area (Å²) in [5.74, 6) is 1.95. The normalized spacial score (nSPS) is 16.4. The van der Waals surface area contributed by atoms with E-state index in [1.165, 1.54) is 79.9 Å². The number of ether oxygens (including phenoxy) is 1. The van der Waals surface area contributed by atoms with Crippen molar-refractivity contribution in [2.45, 2.75) is 57.8 Å². The van der Waals surface area contributed by atoms with Crippen LogP contribution in [0.3, 0.4) is 0 Å². The molecule has 0 atom stereocenters. The second-order valence-corrected chi connectivity index (χ2v) is 14.5. The number of fused-ring (bicyclic) bond motifs is 5. The van der Waals surface area contributed by atoms with Crippen molar-refractivity contribution in [3.8, 4) is 22.6 Å². The number of anilines is 4. The van der Waals surface area contributed by atoms with Crippen molar-refractivity contribution in [3.05, 3.63) is 162 Å². The second-order valence-electron chi connectivity index (χ2n) is 14.5. The topological polar surface area (TPSA) is 15.7 Å². The zero-order valence-electron chi connectivity index (χ0n) is 29.4. The predicted molar refractivity (Wildman–Crippen MR) is 214 cm³/mol. The molecular weight excluding hydrogens is 619 g/mol. The Labute approximate surface area is 301 Å². The maximum absolute atomic E-state index is 7.03. The van der Waals surface area contributed by atoms with Gasteiger partial charge < -0.3 is 14.5 Å². The van der Waals surface area contributed by atoms with Gasteiger partial charge in [-0.25, -0.2) is 0 Å². The molecule has 0 saturated carbocycles. The third-order valence-corrected chi connectivity index (χ3v) is 12.2. The molecule has 0 aromatic heterocycles. The van der Waals surface area contributed by atoms with Crippen LogP contribution in [0.5, 0.6) is 11.5 Å². The summed E-state index contributed by atoms with van der Waals surface area (Å²) >= 11 is 0. The van der Waals surface area contributed by atoms with Gasteiger partial charge in [0.1, 0.15) is 11.5 Å². The van der Waals surface area contributed by atoms with Crippen molar-refractivity contribution in [2.75, 3.05) is 9.80 Å². The summed E-state index contributed by atoms with van der Waals surface area (Å²) in [4.78, 5) is 5.03. The summed E-state index contributed by atoms with van der Waals surface area (Å²) in [5, 5.41) is 0. The van der Waals surface area contributed by atoms with Crippen molar-refractivity contribution in [3.63, 3.8) is 0 Å². The fourth-order valence-corrected chi connectivity index (χ4v) is 9.79. The first-order chi connectivity index (χ1) is 25.2. The lowest BCUT2D eigenvalue weighted by molar-refractivity contribution is 0.465. The standard InChI is InChI=1S/C47H41BN2O/c1-3-47(4-2)36-28-26-33(32-16-7-5-8-17-32)30-39(36)48-38-29-27-35(31-45(38)51-44-25-15-20-37(47)46(44)48)50-42-23-13-11-21-40(42)49(34-18-9-6-10-19-34)41-22-12-14-24-43(41)50/h5-11,13,15-21,23,25-31H,3-4,12,14,22,24H2,1-2H3. The highest BCUT2D eigenvalue weighted by Gasteiger charge is 2.47. The lowest BCUT2D eigenvalue weighted by Gasteiger charge is -2.45. The third kappa shape index (κ3) is 4.45. The first kappa shape index (κ1) is 30.4. The molecule has 6 aromatic carbocycles. The van der Waals surface area contributed by atoms with Gasteiger partial charge in [0.05, 0.1) is 11.4 Å². The van der Waals surface area contributed by atoms with Crippen LogP contribution in [-0.2, 0) is 5.41 Å². The van der Waals surface area contributed by atoms with Crippen LogP contribution < -0.4 is 30.9 Å². The molecule has 3 aliphatic heterocycles. The first-order valence-electron chi connectivity index (χ1n) is 18.8. The molecule has 248 valence electrons. The van der Waals surface area contributed by atoms with Gasteiger partial charge in [-0.2, -0.15) is 0 Å². The Morgan fingerprint density at radius 2 is 1.22 bits per heavy atom. The van der Waals surface area contributed by atoms with Crippen LogP contribution >= 0.6 is 0 Å². The van der Waals surface area contributed by atoms with Crippen LogP contribution in [0.2, 0.25) is 0 Å². The van der Waals surface area contributed by atoms with Gasteiger partial charge in [-0.05, 0) is 108 Å². The number of hydrogen-bond donors (Lipinski definition) is 0. The van der Waals surface area contributed by atoms with E-state index in [0.29, 0.717) is 0 Å². The lowest BCUT2D eigenvalue weighted by atomic mass is 9.30. The van der Waals surface area contributed by atoms with Crippen LogP contribution in [0.4, 0.5) is 22.7 Å². The third-order valence-electron chi connectivity index (χ3n) is 12.2. The van der Waals surface area contributed by atoms with E-state index in [-0.39, 0.29) is 12.1 Å². The Kier molecular flexibility index (Phi) is 7.03. The monoisotopic (exact) mass is 660 g/mol. The summed E-state index contributed by atoms with van der Waals surface area (Å²) in [5.41, 5.74) is 17.0. The maximum Gasteiger partial charge on any atom is 0.251 e. The number of para-hydroxylation sites is 3. The zero-order valence-corrected chi connectivity index (χ0v) is 29.4. The summed E-state index contributed by atoms with van der Waals surface area (Å²) in [6, 6.07) is 51.7. The summed E-state index contributed by atoms with van der Waals surface area (Å²) < 4.78 is 7.03. The van der Waals surface area contributed by atoms with Gasteiger partial charge in [0, 0.05) is 34.3 Å². The first-order valence-corrected chi connectivity index (χ1v) is 18.8. The average molecular weight is 661 g/mol. The van der Waals surface area contributed by atoms with Gasteiger partial charge in [0.25, 0.3) is 6.71 Å². The van der Waals surface area contributed by atoms with Gasteiger partial charge in [0.15, 0.2) is 0 Å². The molecule has 0 fully saturated rings. The smallest absolute Gasteiger partial charge is 0.251 e. The van der Waals surface area contributed by atoms with Crippen LogP contribution in [0.15, 0.2) is 151 Å². The Morgan fingerprint density at radius 3 is 1.92 bits per heavy atom. The Bertz CT molecular complexity index is 2340. The van der Waals surface area contributed by atoms with Crippen LogP contribution in [-0.4, -0.2) is 6.71 Å². The summed E-state index contributed by atoms with van der Waals surface area (Å²) in [6.45, 7) is 4.81. The molecular formula is C47H41BN2O. The van der Waals surface area contributed by atoms with Crippen molar-refractivity contribution in [2.24, 2.45) is 0 Å². The molecule has 0 bridgehead atoms. The van der Waals surface area contributed by atoms with Gasteiger partial charge in [0.2, 0.25) is 0 Å². The van der Waals surface area contributed by atoms with Gasteiger partial charge in [-0.15, -0.1) is 0 Å². The molecule has 51 heavy (non-hydrogen) atoms. The van der Waals surface area contributed by atoms with E-state index >= 15 is 0 Å². The predicted octanol–water partition coefficient (Wildman–Crippen LogP) is 10.5. The van der Waals surface area contributed by atoms with Crippen LogP contribution in [0, 0.1) is 0 Å². The van der Waals surface area contributed by atoms with Crippen molar-refractivity contribution < 1.29 is 4.74 Å². The van der Waals surface area contributed by atoms with Gasteiger partial charge in [-0.3, -0.25) is 0 Å². The number of nitrogens with zero attached hydrogens (tertiary/aromatic N) is 2. The lowest BCUT2D eigenvalue weighted by Crippen LogP contribution is -2.63. The van der Waals surface area contributed by atoms with Gasteiger partial charge >= 0.3 is 0 Å². The highest BCUT2D eigenvalue weighted by Crippen LogP contribution is 2.51. The molecule has 0 unspecified atom stereocenters. The fraction of sp³-hybridized carbons (Fsp3) is 0.191. The van der Waals surface area contributed by atoms with E-state index in [2.05, 4.69) is 163 Å². The number of allylic oxidation sites excluding steroid dienone is 2. The van der Waals surface area contributed by atoms with E-state index in [1.54, 1.807) is 0 Å². The number of benzene rings is 6. The molecule has 3 heterocycles. The molecule has 4 aliphatic rings. The SMILES string of the molecule is CCC1(CC)c2ccc(-c3ccccc3)cc2B2c3ccc(N4C5=C(CCCC5)N(c5ccccc5)c5ccccc54)cc3Oc3cccc1c32. The molecule has 0 N–H and O–H groups in total. The summed E-state index contributed by atoms with van der Waals surface area (Å²) in [6.07, 6.45) is 6.59. The molecule has 0 spiro atoms. The quantitative estimate of drug-likeness (QED) is 0.171. The molecule has 3 nitrogen and oxygen atoms in total. The molecule has 4 heteroatoms. The molecule has 0 radical (unpaired) electrons. The number of hydrogen-bond acceptors (Lipinski definition) is 3. The summed E-state index contributed by atoms with van der Waals surface area (Å²) in [7, 11) is 0. The van der Waals surface area contributed by atoms with Crippen LogP contribution in [0.1, 0.15) is 63.5 Å². The fourth-order valence-electron chi connectivity index (χ4n) is 9.79. The highest BCUT2D eigenvalue weighted by atomic mass is 16.5. The number of rotatable bonds is 5. The van der Waals surface area contributed by atoms with E-state index in [9.17, 15) is 0 Å². The van der Waals surface area contributed by atoms with E-state index < -0.39 is 0 Å². The zero-order chi connectivity index (χ0) is 34.1. The second kappa shape index (κ2) is 11.8. The Morgan fingerprint density at radius 1 is 0.549 bits per heavy atom. The van der Waals surface area contributed by atoms with Crippen LogP contribution in [0.25, 0.3) is 11.1 Å². The highest BCUT2D eigenvalue weighted by molar-refractivity contribution is 6.98. The molecule has 0 amide bonds. The Balaban J connectivity index is 1.16. The molecule has 1 aliphatic carbocycles. The minimum absolute atomic E-state index is 0.0564. The maximum atomic E-state index is 7.03. The Hall–Kier alpha value is -5.48. The van der Waals surface area contributed by atoms with Crippen molar-refractivity contribution in [1.82, 2.24) is 0 Å².